The molecule has 1 amide bonds. The van der Waals surface area contributed by atoms with Gasteiger partial charge in [0.2, 0.25) is 5.91 Å². The van der Waals surface area contributed by atoms with Gasteiger partial charge in [-0.1, -0.05) is 24.6 Å². The van der Waals surface area contributed by atoms with Crippen molar-refractivity contribution in [3.63, 3.8) is 0 Å². The minimum absolute atomic E-state index is 0.0908. The van der Waals surface area contributed by atoms with E-state index < -0.39 is 0 Å². The lowest BCUT2D eigenvalue weighted by Gasteiger charge is -2.31. The lowest BCUT2D eigenvalue weighted by molar-refractivity contribution is -0.122. The molecule has 2 N–H and O–H groups in total. The molecule has 4 heteroatoms. The molecule has 2 fully saturated rings. The van der Waals surface area contributed by atoms with E-state index in [0.29, 0.717) is 0 Å². The van der Waals surface area contributed by atoms with Crippen LogP contribution in [-0.4, -0.2) is 41.4 Å². The number of hydrogen-bond donors (Lipinski definition) is 1. The predicted octanol–water partition coefficient (Wildman–Crippen LogP) is 2.99. The van der Waals surface area contributed by atoms with E-state index in [1.54, 1.807) is 0 Å². The molecule has 0 unspecified atom stereocenters. The minimum atomic E-state index is -0.175. The number of carbonyl (C=O) groups is 1. The lowest BCUT2D eigenvalue weighted by Crippen LogP contribution is -2.40. The Labute approximate surface area is 152 Å². The van der Waals surface area contributed by atoms with E-state index in [9.17, 15) is 4.79 Å². The molecule has 0 aromatic heterocycles. The number of rotatable bonds is 5. The fourth-order valence-electron chi connectivity index (χ4n) is 4.36. The van der Waals surface area contributed by atoms with Gasteiger partial charge in [0.25, 0.3) is 0 Å². The third kappa shape index (κ3) is 4.42. The minimum Gasteiger partial charge on any atom is -0.368 e. The van der Waals surface area contributed by atoms with Gasteiger partial charge in [0.15, 0.2) is 0 Å². The highest BCUT2D eigenvalue weighted by Gasteiger charge is 2.29. The van der Waals surface area contributed by atoms with Gasteiger partial charge in [0, 0.05) is 13.1 Å². The Hall–Kier alpha value is -1.39. The molecule has 1 aromatic carbocycles. The van der Waals surface area contributed by atoms with E-state index >= 15 is 0 Å². The number of nitrogens with two attached hydrogens (primary N) is 1. The molecule has 3 rings (SSSR count). The van der Waals surface area contributed by atoms with Crippen molar-refractivity contribution in [2.75, 3.05) is 19.6 Å². The van der Waals surface area contributed by atoms with Crippen molar-refractivity contribution >= 4 is 5.91 Å². The van der Waals surface area contributed by atoms with Crippen LogP contribution in [0.4, 0.5) is 0 Å². The van der Waals surface area contributed by atoms with Crippen LogP contribution in [0.15, 0.2) is 12.1 Å². The number of benzene rings is 1. The molecule has 0 aliphatic carbocycles. The Balaban J connectivity index is 1.74. The number of likely N-dealkylation sites (tertiary alicyclic amines) is 2. The van der Waals surface area contributed by atoms with Gasteiger partial charge in [-0.25, -0.2) is 0 Å². The van der Waals surface area contributed by atoms with Crippen LogP contribution in [-0.2, 0) is 17.9 Å². The van der Waals surface area contributed by atoms with Gasteiger partial charge in [-0.2, -0.15) is 0 Å². The number of hydrogen-bond acceptors (Lipinski definition) is 3. The van der Waals surface area contributed by atoms with Crippen molar-refractivity contribution in [1.29, 1.82) is 0 Å². The van der Waals surface area contributed by atoms with Crippen molar-refractivity contribution in [3.8, 4) is 0 Å². The Morgan fingerprint density at radius 2 is 1.72 bits per heavy atom. The van der Waals surface area contributed by atoms with E-state index in [2.05, 4.69) is 42.7 Å². The monoisotopic (exact) mass is 343 g/mol. The highest BCUT2D eigenvalue weighted by molar-refractivity contribution is 5.80. The van der Waals surface area contributed by atoms with E-state index in [0.717, 1.165) is 38.4 Å². The van der Waals surface area contributed by atoms with Crippen molar-refractivity contribution < 1.29 is 4.79 Å². The first-order valence-electron chi connectivity index (χ1n) is 9.78. The van der Waals surface area contributed by atoms with E-state index in [-0.39, 0.29) is 11.9 Å². The Bertz CT molecular complexity index is 620. The van der Waals surface area contributed by atoms with Crippen LogP contribution in [0.2, 0.25) is 0 Å². The molecule has 25 heavy (non-hydrogen) atoms. The van der Waals surface area contributed by atoms with Gasteiger partial charge >= 0.3 is 0 Å². The van der Waals surface area contributed by atoms with Gasteiger partial charge in [0.1, 0.15) is 0 Å². The van der Waals surface area contributed by atoms with Gasteiger partial charge in [0.05, 0.1) is 6.04 Å². The standard InChI is InChI=1S/C21H33N3O/c1-15-6-9-23(10-7-15)13-18-11-16(2)12-19(17(18)3)14-24-8-4-5-20(24)21(22)25/h11-12,15,20H,4-10,13-14H2,1-3H3,(H2,22,25)/t20-/m0/s1. The third-order valence-electron chi connectivity index (χ3n) is 6.10. The first kappa shape index (κ1) is 18.4. The Kier molecular flexibility index (Phi) is 5.80. The van der Waals surface area contributed by atoms with Crippen LogP contribution in [0.25, 0.3) is 0 Å². The van der Waals surface area contributed by atoms with Crippen LogP contribution in [0.1, 0.15) is 54.9 Å². The largest absolute Gasteiger partial charge is 0.368 e. The van der Waals surface area contributed by atoms with Crippen molar-refractivity contribution in [2.45, 2.75) is 65.6 Å². The maximum absolute atomic E-state index is 11.7. The molecule has 0 radical (unpaired) electrons. The summed E-state index contributed by atoms with van der Waals surface area (Å²) in [6, 6.07) is 4.53. The fraction of sp³-hybridized carbons (Fsp3) is 0.667. The number of nitrogens with zero attached hydrogens (tertiary/aromatic N) is 2. The van der Waals surface area contributed by atoms with Crippen LogP contribution >= 0.6 is 0 Å². The second kappa shape index (κ2) is 7.88. The van der Waals surface area contributed by atoms with E-state index in [4.69, 9.17) is 5.73 Å². The van der Waals surface area contributed by atoms with E-state index in [1.165, 1.54) is 48.2 Å². The second-order valence-corrected chi connectivity index (χ2v) is 8.20. The molecular formula is C21H33N3O. The summed E-state index contributed by atoms with van der Waals surface area (Å²) < 4.78 is 0. The summed E-state index contributed by atoms with van der Waals surface area (Å²) in [6.45, 7) is 12.1. The molecule has 0 bridgehead atoms. The summed E-state index contributed by atoms with van der Waals surface area (Å²) >= 11 is 0. The van der Waals surface area contributed by atoms with Crippen molar-refractivity contribution in [1.82, 2.24) is 9.80 Å². The molecule has 2 aliphatic heterocycles. The smallest absolute Gasteiger partial charge is 0.234 e. The number of primary amides is 1. The molecule has 4 nitrogen and oxygen atoms in total. The molecule has 0 spiro atoms. The second-order valence-electron chi connectivity index (χ2n) is 8.20. The molecule has 1 aromatic rings. The first-order chi connectivity index (χ1) is 11.9. The molecular weight excluding hydrogens is 310 g/mol. The third-order valence-corrected chi connectivity index (χ3v) is 6.10. The van der Waals surface area contributed by atoms with Crippen LogP contribution in [0, 0.1) is 19.8 Å². The summed E-state index contributed by atoms with van der Waals surface area (Å²) in [7, 11) is 0. The SMILES string of the molecule is Cc1cc(CN2CCC(C)CC2)c(C)c(CN2CCC[C@H]2C(N)=O)c1. The summed E-state index contributed by atoms with van der Waals surface area (Å²) in [5.74, 6) is 0.691. The summed E-state index contributed by atoms with van der Waals surface area (Å²) in [5, 5.41) is 0. The number of piperidine rings is 1. The molecule has 1 atom stereocenters. The zero-order chi connectivity index (χ0) is 18.0. The molecule has 138 valence electrons. The topological polar surface area (TPSA) is 49.6 Å². The lowest BCUT2D eigenvalue weighted by atomic mass is 9.95. The van der Waals surface area contributed by atoms with Crippen LogP contribution in [0.5, 0.6) is 0 Å². The Morgan fingerprint density at radius 1 is 1.08 bits per heavy atom. The zero-order valence-corrected chi connectivity index (χ0v) is 16.1. The Morgan fingerprint density at radius 3 is 2.36 bits per heavy atom. The molecule has 0 saturated carbocycles. The van der Waals surface area contributed by atoms with Gasteiger partial charge < -0.3 is 5.73 Å². The average molecular weight is 344 g/mol. The van der Waals surface area contributed by atoms with Crippen molar-refractivity contribution in [3.05, 3.63) is 34.4 Å². The average Bonchev–Trinajstić information content (AvgIpc) is 3.02. The van der Waals surface area contributed by atoms with Crippen LogP contribution in [0.3, 0.4) is 0 Å². The molecule has 2 saturated heterocycles. The first-order valence-corrected chi connectivity index (χ1v) is 9.78. The van der Waals surface area contributed by atoms with Gasteiger partial charge in [-0.15, -0.1) is 0 Å². The van der Waals surface area contributed by atoms with Gasteiger partial charge in [-0.05, 0) is 81.8 Å². The maximum Gasteiger partial charge on any atom is 0.234 e. The quantitative estimate of drug-likeness (QED) is 0.894. The summed E-state index contributed by atoms with van der Waals surface area (Å²) in [5.41, 5.74) is 11.1. The normalized spacial score (nSPS) is 23.2. The van der Waals surface area contributed by atoms with E-state index in [1.807, 2.05) is 0 Å². The summed E-state index contributed by atoms with van der Waals surface area (Å²) in [4.78, 5) is 16.5. The van der Waals surface area contributed by atoms with Crippen LogP contribution < -0.4 is 5.73 Å². The number of carbonyl (C=O) groups excluding carboxylic acids is 1. The maximum atomic E-state index is 11.7. The highest BCUT2D eigenvalue weighted by atomic mass is 16.1. The zero-order valence-electron chi connectivity index (χ0n) is 16.1. The highest BCUT2D eigenvalue weighted by Crippen LogP contribution is 2.26. The number of aryl methyl sites for hydroxylation is 1. The molecule has 2 heterocycles. The summed E-state index contributed by atoms with van der Waals surface area (Å²) in [6.07, 6.45) is 4.59. The van der Waals surface area contributed by atoms with Crippen molar-refractivity contribution in [2.24, 2.45) is 11.7 Å². The molecule has 2 aliphatic rings. The predicted molar refractivity (Wildman–Crippen MR) is 102 cm³/mol. The number of amides is 1. The van der Waals surface area contributed by atoms with Gasteiger partial charge in [-0.3, -0.25) is 14.6 Å². The fourth-order valence-corrected chi connectivity index (χ4v) is 4.36.